The van der Waals surface area contributed by atoms with Crippen molar-refractivity contribution >= 4 is 56.1 Å². The lowest BCUT2D eigenvalue weighted by molar-refractivity contribution is -0.481. The Balaban J connectivity index is 1.97. The molecule has 0 aliphatic heterocycles. The first-order valence-corrected chi connectivity index (χ1v) is 10.9. The second-order valence-electron chi connectivity index (χ2n) is 6.59. The quantitative estimate of drug-likeness (QED) is 0.164. The van der Waals surface area contributed by atoms with Gasteiger partial charge in [0.15, 0.2) is 0 Å². The summed E-state index contributed by atoms with van der Waals surface area (Å²) >= 11 is 4.53. The molecular formula is C22H16I2N2O2. The highest BCUT2D eigenvalue weighted by atomic mass is 127. The molecule has 0 fully saturated rings. The van der Waals surface area contributed by atoms with E-state index in [0.29, 0.717) is 0 Å². The summed E-state index contributed by atoms with van der Waals surface area (Å²) in [7, 11) is 0. The summed E-state index contributed by atoms with van der Waals surface area (Å²) in [6, 6.07) is 24.2. The van der Waals surface area contributed by atoms with Crippen LogP contribution in [0.3, 0.4) is 0 Å². The topological polar surface area (TPSA) is 58.9 Å². The number of H-pyrrole nitrogens is 1. The summed E-state index contributed by atoms with van der Waals surface area (Å²) in [5.74, 6) is -0.336. The zero-order chi connectivity index (χ0) is 19.7. The molecule has 0 aliphatic rings. The molecule has 4 aromatic rings. The minimum absolute atomic E-state index is 0.153. The third kappa shape index (κ3) is 3.93. The molecule has 0 bridgehead atoms. The Morgan fingerprint density at radius 3 is 2.14 bits per heavy atom. The van der Waals surface area contributed by atoms with Crippen LogP contribution in [0.15, 0.2) is 72.8 Å². The highest BCUT2D eigenvalue weighted by Gasteiger charge is 2.27. The van der Waals surface area contributed by atoms with Crippen LogP contribution < -0.4 is 0 Å². The highest BCUT2D eigenvalue weighted by molar-refractivity contribution is 14.1. The molecule has 1 unspecified atom stereocenters. The molecule has 0 spiro atoms. The zero-order valence-corrected chi connectivity index (χ0v) is 19.0. The van der Waals surface area contributed by atoms with Crippen molar-refractivity contribution in [3.63, 3.8) is 0 Å². The minimum Gasteiger partial charge on any atom is -0.354 e. The second-order valence-corrected chi connectivity index (χ2v) is 9.08. The molecular weight excluding hydrogens is 578 g/mol. The molecule has 0 amide bonds. The Bertz CT molecular complexity index is 1140. The predicted octanol–water partition coefficient (Wildman–Crippen LogP) is 6.45. The Hall–Kier alpha value is -1.94. The number of nitrogens with zero attached hydrogens (tertiary/aromatic N) is 1. The minimum atomic E-state index is -0.336. The highest BCUT2D eigenvalue weighted by Crippen LogP contribution is 2.39. The number of hydrogen-bond acceptors (Lipinski definition) is 2. The van der Waals surface area contributed by atoms with Gasteiger partial charge in [-0.15, -0.1) is 0 Å². The van der Waals surface area contributed by atoms with Gasteiger partial charge in [-0.1, -0.05) is 42.5 Å². The number of aromatic nitrogens is 1. The van der Waals surface area contributed by atoms with Crippen LogP contribution in [0.1, 0.15) is 17.0 Å². The van der Waals surface area contributed by atoms with Gasteiger partial charge in [0.2, 0.25) is 6.54 Å². The first-order chi connectivity index (χ1) is 13.5. The number of para-hydroxylation sites is 1. The number of nitro groups is 1. The normalized spacial score (nSPS) is 12.2. The van der Waals surface area contributed by atoms with Gasteiger partial charge in [0, 0.05) is 23.0 Å². The van der Waals surface area contributed by atoms with Gasteiger partial charge >= 0.3 is 0 Å². The van der Waals surface area contributed by atoms with Gasteiger partial charge in [-0.3, -0.25) is 10.1 Å². The van der Waals surface area contributed by atoms with Crippen LogP contribution in [-0.2, 0) is 0 Å². The van der Waals surface area contributed by atoms with Gasteiger partial charge in [-0.25, -0.2) is 0 Å². The van der Waals surface area contributed by atoms with E-state index >= 15 is 0 Å². The van der Waals surface area contributed by atoms with Crippen molar-refractivity contribution < 1.29 is 4.92 Å². The van der Waals surface area contributed by atoms with Crippen molar-refractivity contribution in [2.75, 3.05) is 6.54 Å². The Morgan fingerprint density at radius 2 is 1.50 bits per heavy atom. The van der Waals surface area contributed by atoms with Crippen molar-refractivity contribution in [3.05, 3.63) is 101 Å². The standard InChI is InChI=1S/C22H16I2N2O2/c23-16-9-5-14(6-10-16)19(13-26(27)28)21-18-3-1-2-4-20(18)25-22(21)15-7-11-17(24)12-8-15/h1-12,19,25H,13H2. The largest absolute Gasteiger partial charge is 0.354 e. The molecule has 140 valence electrons. The van der Waals surface area contributed by atoms with Crippen LogP contribution in [0.2, 0.25) is 0 Å². The van der Waals surface area contributed by atoms with Gasteiger partial charge in [-0.05, 0) is 92.2 Å². The van der Waals surface area contributed by atoms with E-state index in [0.717, 1.165) is 40.4 Å². The number of hydrogen-bond donors (Lipinski definition) is 1. The van der Waals surface area contributed by atoms with Crippen molar-refractivity contribution in [2.24, 2.45) is 0 Å². The molecule has 0 aliphatic carbocycles. The van der Waals surface area contributed by atoms with Crippen LogP contribution in [0, 0.1) is 17.3 Å². The molecule has 1 atom stereocenters. The third-order valence-corrected chi connectivity index (χ3v) is 6.27. The average Bonchev–Trinajstić information content (AvgIpc) is 3.06. The van der Waals surface area contributed by atoms with Gasteiger partial charge in [0.1, 0.15) is 0 Å². The molecule has 0 saturated carbocycles. The van der Waals surface area contributed by atoms with E-state index in [9.17, 15) is 10.1 Å². The monoisotopic (exact) mass is 594 g/mol. The van der Waals surface area contributed by atoms with Gasteiger partial charge < -0.3 is 4.98 Å². The maximum absolute atomic E-state index is 11.6. The van der Waals surface area contributed by atoms with E-state index in [2.05, 4.69) is 74.4 Å². The lowest BCUT2D eigenvalue weighted by atomic mass is 9.87. The number of aromatic amines is 1. The zero-order valence-electron chi connectivity index (χ0n) is 14.7. The number of halogens is 2. The van der Waals surface area contributed by atoms with E-state index in [-0.39, 0.29) is 17.4 Å². The Morgan fingerprint density at radius 1 is 0.893 bits per heavy atom. The van der Waals surface area contributed by atoms with E-state index in [4.69, 9.17) is 0 Å². The number of rotatable bonds is 5. The van der Waals surface area contributed by atoms with Gasteiger partial charge in [-0.2, -0.15) is 0 Å². The fourth-order valence-corrected chi connectivity index (χ4v) is 4.30. The Labute approximate surface area is 189 Å². The summed E-state index contributed by atoms with van der Waals surface area (Å²) in [4.78, 5) is 14.9. The predicted molar refractivity (Wildman–Crippen MR) is 129 cm³/mol. The maximum atomic E-state index is 11.6. The third-order valence-electron chi connectivity index (χ3n) is 4.83. The molecule has 6 heteroatoms. The van der Waals surface area contributed by atoms with Crippen LogP contribution in [0.25, 0.3) is 22.2 Å². The molecule has 1 aromatic heterocycles. The number of nitrogens with one attached hydrogen (secondary N) is 1. The molecule has 0 radical (unpaired) electrons. The average molecular weight is 594 g/mol. The molecule has 4 nitrogen and oxygen atoms in total. The summed E-state index contributed by atoms with van der Waals surface area (Å²) < 4.78 is 2.26. The van der Waals surface area contributed by atoms with Crippen molar-refractivity contribution in [1.82, 2.24) is 4.98 Å². The fourth-order valence-electron chi connectivity index (χ4n) is 3.58. The van der Waals surface area contributed by atoms with Crippen molar-refractivity contribution in [1.29, 1.82) is 0 Å². The van der Waals surface area contributed by atoms with Crippen LogP contribution in [-0.4, -0.2) is 16.5 Å². The maximum Gasteiger partial charge on any atom is 0.214 e. The van der Waals surface area contributed by atoms with Gasteiger partial charge in [0.25, 0.3) is 0 Å². The smallest absolute Gasteiger partial charge is 0.214 e. The molecule has 1 N–H and O–H groups in total. The van der Waals surface area contributed by atoms with E-state index in [1.807, 2.05) is 48.5 Å². The summed E-state index contributed by atoms with van der Waals surface area (Å²) in [5, 5.41) is 12.6. The first-order valence-electron chi connectivity index (χ1n) is 8.77. The molecule has 0 saturated heterocycles. The van der Waals surface area contributed by atoms with Gasteiger partial charge in [0.05, 0.1) is 11.6 Å². The van der Waals surface area contributed by atoms with Crippen molar-refractivity contribution in [3.8, 4) is 11.3 Å². The molecule has 28 heavy (non-hydrogen) atoms. The van der Waals surface area contributed by atoms with E-state index in [1.165, 1.54) is 0 Å². The molecule has 4 rings (SSSR count). The summed E-state index contributed by atoms with van der Waals surface area (Å²) in [6.07, 6.45) is 0. The number of fused-ring (bicyclic) bond motifs is 1. The lowest BCUT2D eigenvalue weighted by Crippen LogP contribution is -2.14. The fraction of sp³-hybridized carbons (Fsp3) is 0.0909. The van der Waals surface area contributed by atoms with Crippen LogP contribution >= 0.6 is 45.2 Å². The Kier molecular flexibility index (Phi) is 5.68. The van der Waals surface area contributed by atoms with Crippen molar-refractivity contribution in [2.45, 2.75) is 5.92 Å². The SMILES string of the molecule is O=[N+]([O-])CC(c1ccc(I)cc1)c1c(-c2ccc(I)cc2)[nH]c2ccccc12. The van der Waals surface area contributed by atoms with E-state index < -0.39 is 0 Å². The summed E-state index contributed by atoms with van der Waals surface area (Å²) in [6.45, 7) is -0.153. The molecule has 3 aromatic carbocycles. The second kappa shape index (κ2) is 8.20. The molecule has 1 heterocycles. The summed E-state index contributed by atoms with van der Waals surface area (Å²) in [5.41, 5.74) is 4.90. The van der Waals surface area contributed by atoms with Crippen LogP contribution in [0.4, 0.5) is 0 Å². The van der Waals surface area contributed by atoms with Crippen LogP contribution in [0.5, 0.6) is 0 Å². The number of benzene rings is 3. The lowest BCUT2D eigenvalue weighted by Gasteiger charge is -2.16. The van der Waals surface area contributed by atoms with E-state index in [1.54, 1.807) is 0 Å². The first kappa shape index (κ1) is 19.4.